The van der Waals surface area contributed by atoms with Gasteiger partial charge in [0.2, 0.25) is 5.91 Å². The maximum atomic E-state index is 10.9. The third-order valence-electron chi connectivity index (χ3n) is 1.48. The fraction of sp³-hybridized carbons (Fsp3) is 0.500. The van der Waals surface area contributed by atoms with E-state index in [0.717, 1.165) is 5.70 Å². The van der Waals surface area contributed by atoms with E-state index in [-0.39, 0.29) is 12.5 Å². The molecule has 0 aliphatic carbocycles. The number of hydrogen-bond acceptors (Lipinski definition) is 2. The van der Waals surface area contributed by atoms with Gasteiger partial charge in [0, 0.05) is 12.6 Å². The summed E-state index contributed by atoms with van der Waals surface area (Å²) >= 11 is 0. The number of nitrogens with zero attached hydrogens (tertiary/aromatic N) is 1. The molecule has 0 aromatic carbocycles. The van der Waals surface area contributed by atoms with Gasteiger partial charge in [-0.1, -0.05) is 6.08 Å². The van der Waals surface area contributed by atoms with E-state index in [4.69, 9.17) is 0 Å². The lowest BCUT2D eigenvalue weighted by Crippen LogP contribution is -2.28. The van der Waals surface area contributed by atoms with Crippen LogP contribution < -0.4 is 0 Å². The van der Waals surface area contributed by atoms with Crippen LogP contribution in [0.3, 0.4) is 0 Å². The highest BCUT2D eigenvalue weighted by molar-refractivity contribution is 5.77. The van der Waals surface area contributed by atoms with E-state index in [2.05, 4.69) is 0 Å². The minimum atomic E-state index is -0.104. The van der Waals surface area contributed by atoms with Crippen molar-refractivity contribution in [2.45, 2.75) is 20.8 Å². The van der Waals surface area contributed by atoms with Crippen LogP contribution in [0.4, 0.5) is 0 Å². The highest BCUT2D eigenvalue weighted by Gasteiger charge is 2.07. The number of rotatable bonds is 3. The summed E-state index contributed by atoms with van der Waals surface area (Å²) in [4.78, 5) is 22.4. The quantitative estimate of drug-likeness (QED) is 0.569. The molecule has 0 saturated heterocycles. The second-order valence-corrected chi connectivity index (χ2v) is 2.23. The van der Waals surface area contributed by atoms with Crippen LogP contribution in [0.25, 0.3) is 0 Å². The molecule has 1 amide bonds. The van der Waals surface area contributed by atoms with Gasteiger partial charge in [-0.25, -0.2) is 0 Å². The molecule has 0 saturated carbocycles. The molecule has 0 radical (unpaired) electrons. The number of aldehydes is 1. The Hall–Kier alpha value is -1.12. The topological polar surface area (TPSA) is 37.4 Å². The van der Waals surface area contributed by atoms with Crippen LogP contribution in [-0.4, -0.2) is 23.6 Å². The maximum absolute atomic E-state index is 10.9. The smallest absolute Gasteiger partial charge is 0.223 e. The zero-order valence-corrected chi connectivity index (χ0v) is 7.13. The van der Waals surface area contributed by atoms with Gasteiger partial charge >= 0.3 is 0 Å². The van der Waals surface area contributed by atoms with Crippen molar-refractivity contribution < 1.29 is 9.59 Å². The molecular weight excluding hydrogens is 142 g/mol. The predicted octanol–water partition coefficient (Wildman–Crippen LogP) is 0.958. The summed E-state index contributed by atoms with van der Waals surface area (Å²) in [6.45, 7) is 5.21. The van der Waals surface area contributed by atoms with Gasteiger partial charge in [-0.3, -0.25) is 4.79 Å². The van der Waals surface area contributed by atoms with Crippen LogP contribution in [0, 0.1) is 0 Å². The number of amides is 1. The standard InChI is InChI=1S/C8H13NO2/c1-4-7(2)9(5-6-10)8(3)11/h4,6H,5H2,1-3H3. The highest BCUT2D eigenvalue weighted by atomic mass is 16.2. The van der Waals surface area contributed by atoms with Gasteiger partial charge in [0.25, 0.3) is 0 Å². The Morgan fingerprint density at radius 2 is 2.00 bits per heavy atom. The summed E-state index contributed by atoms with van der Waals surface area (Å²) in [7, 11) is 0. The Morgan fingerprint density at radius 1 is 1.45 bits per heavy atom. The molecule has 3 heteroatoms. The van der Waals surface area contributed by atoms with Gasteiger partial charge in [0.15, 0.2) is 0 Å². The van der Waals surface area contributed by atoms with Crippen LogP contribution in [0.2, 0.25) is 0 Å². The Morgan fingerprint density at radius 3 is 2.27 bits per heavy atom. The Kier molecular flexibility index (Phi) is 4.18. The largest absolute Gasteiger partial charge is 0.310 e. The normalized spacial score (nSPS) is 11.0. The number of carbonyl (C=O) groups excluding carboxylic acids is 2. The molecule has 11 heavy (non-hydrogen) atoms. The molecule has 0 rings (SSSR count). The lowest BCUT2D eigenvalue weighted by atomic mass is 10.3. The van der Waals surface area contributed by atoms with E-state index in [1.54, 1.807) is 13.0 Å². The molecule has 0 spiro atoms. The van der Waals surface area contributed by atoms with Gasteiger partial charge in [0.05, 0.1) is 6.54 Å². The molecular formula is C8H13NO2. The molecule has 0 aromatic heterocycles. The van der Waals surface area contributed by atoms with E-state index in [9.17, 15) is 9.59 Å². The molecule has 0 bridgehead atoms. The minimum absolute atomic E-state index is 0.104. The molecule has 0 aliphatic rings. The van der Waals surface area contributed by atoms with Gasteiger partial charge in [-0.05, 0) is 13.8 Å². The van der Waals surface area contributed by atoms with E-state index in [0.29, 0.717) is 6.29 Å². The number of carbonyl (C=O) groups is 2. The van der Waals surface area contributed by atoms with E-state index >= 15 is 0 Å². The second-order valence-electron chi connectivity index (χ2n) is 2.23. The molecule has 0 heterocycles. The molecule has 3 nitrogen and oxygen atoms in total. The Bertz CT molecular complexity index is 185. The zero-order chi connectivity index (χ0) is 8.85. The monoisotopic (exact) mass is 155 g/mol. The summed E-state index contributed by atoms with van der Waals surface area (Å²) in [6.07, 6.45) is 2.51. The highest BCUT2D eigenvalue weighted by Crippen LogP contribution is 2.01. The summed E-state index contributed by atoms with van der Waals surface area (Å²) < 4.78 is 0. The van der Waals surface area contributed by atoms with Gasteiger partial charge in [-0.2, -0.15) is 0 Å². The van der Waals surface area contributed by atoms with E-state index in [1.165, 1.54) is 11.8 Å². The van der Waals surface area contributed by atoms with Gasteiger partial charge < -0.3 is 9.69 Å². The third kappa shape index (κ3) is 2.98. The Balaban J connectivity index is 4.33. The number of allylic oxidation sites excluding steroid dienone is 2. The molecule has 0 aliphatic heterocycles. The second kappa shape index (κ2) is 4.66. The SMILES string of the molecule is CC=C(C)N(CC=O)C(C)=O. The van der Waals surface area contributed by atoms with Crippen LogP contribution in [-0.2, 0) is 9.59 Å². The summed E-state index contributed by atoms with van der Waals surface area (Å²) in [5.41, 5.74) is 0.810. The predicted molar refractivity (Wildman–Crippen MR) is 42.9 cm³/mol. The molecule has 0 unspecified atom stereocenters. The van der Waals surface area contributed by atoms with Crippen molar-refractivity contribution in [1.29, 1.82) is 0 Å². The Labute approximate surface area is 66.7 Å². The average molecular weight is 155 g/mol. The average Bonchev–Trinajstić information content (AvgIpc) is 1.98. The van der Waals surface area contributed by atoms with Gasteiger partial charge in [-0.15, -0.1) is 0 Å². The summed E-state index contributed by atoms with van der Waals surface area (Å²) in [6, 6.07) is 0. The third-order valence-corrected chi connectivity index (χ3v) is 1.48. The van der Waals surface area contributed by atoms with Crippen LogP contribution in [0.1, 0.15) is 20.8 Å². The van der Waals surface area contributed by atoms with Crippen molar-refractivity contribution >= 4 is 12.2 Å². The molecule has 0 aromatic rings. The summed E-state index contributed by atoms with van der Waals surface area (Å²) in [5.74, 6) is -0.104. The van der Waals surface area contributed by atoms with Crippen molar-refractivity contribution in [3.05, 3.63) is 11.8 Å². The fourth-order valence-corrected chi connectivity index (χ4v) is 0.751. The first-order valence-corrected chi connectivity index (χ1v) is 3.48. The zero-order valence-electron chi connectivity index (χ0n) is 7.13. The van der Waals surface area contributed by atoms with Crippen molar-refractivity contribution in [2.24, 2.45) is 0 Å². The first-order chi connectivity index (χ1) is 5.13. The molecule has 0 atom stereocenters. The number of hydrogen-bond donors (Lipinski definition) is 0. The van der Waals surface area contributed by atoms with Crippen molar-refractivity contribution in [2.75, 3.05) is 6.54 Å². The first kappa shape index (κ1) is 9.88. The van der Waals surface area contributed by atoms with Crippen LogP contribution in [0.15, 0.2) is 11.8 Å². The fourth-order valence-electron chi connectivity index (χ4n) is 0.751. The maximum Gasteiger partial charge on any atom is 0.223 e. The minimum Gasteiger partial charge on any atom is -0.310 e. The van der Waals surface area contributed by atoms with Crippen molar-refractivity contribution in [3.8, 4) is 0 Å². The van der Waals surface area contributed by atoms with Crippen molar-refractivity contribution in [3.63, 3.8) is 0 Å². The van der Waals surface area contributed by atoms with Gasteiger partial charge in [0.1, 0.15) is 6.29 Å². The molecule has 62 valence electrons. The van der Waals surface area contributed by atoms with E-state index < -0.39 is 0 Å². The lowest BCUT2D eigenvalue weighted by Gasteiger charge is -2.17. The molecule has 0 fully saturated rings. The van der Waals surface area contributed by atoms with E-state index in [1.807, 2.05) is 6.92 Å². The van der Waals surface area contributed by atoms with Crippen LogP contribution in [0.5, 0.6) is 0 Å². The summed E-state index contributed by atoms with van der Waals surface area (Å²) in [5, 5.41) is 0. The lowest BCUT2D eigenvalue weighted by molar-refractivity contribution is -0.129. The van der Waals surface area contributed by atoms with Crippen LogP contribution >= 0.6 is 0 Å². The molecule has 0 N–H and O–H groups in total. The van der Waals surface area contributed by atoms with Crippen molar-refractivity contribution in [1.82, 2.24) is 4.90 Å². The first-order valence-electron chi connectivity index (χ1n) is 3.48.